The van der Waals surface area contributed by atoms with Gasteiger partial charge in [0.25, 0.3) is 0 Å². The third kappa shape index (κ3) is 5.41. The van der Waals surface area contributed by atoms with Crippen LogP contribution >= 0.6 is 24.0 Å². The lowest BCUT2D eigenvalue weighted by atomic mass is 9.98. The van der Waals surface area contributed by atoms with Crippen LogP contribution in [0.3, 0.4) is 0 Å². The average molecular weight is 473 g/mol. The van der Waals surface area contributed by atoms with Gasteiger partial charge in [0.15, 0.2) is 5.96 Å². The molecule has 146 valence electrons. The number of ether oxygens (including phenoxy) is 2. The van der Waals surface area contributed by atoms with Gasteiger partial charge in [-0.2, -0.15) is 0 Å². The summed E-state index contributed by atoms with van der Waals surface area (Å²) in [6, 6.07) is 5.95. The summed E-state index contributed by atoms with van der Waals surface area (Å²) in [7, 11) is 7.29. The van der Waals surface area contributed by atoms with Crippen molar-refractivity contribution in [3.63, 3.8) is 0 Å². The lowest BCUT2D eigenvalue weighted by Gasteiger charge is -2.25. The first-order valence-electron chi connectivity index (χ1n) is 9.29. The number of guanidine groups is 1. The van der Waals surface area contributed by atoms with Gasteiger partial charge in [-0.25, -0.2) is 0 Å². The minimum Gasteiger partial charge on any atom is -0.497 e. The van der Waals surface area contributed by atoms with Gasteiger partial charge < -0.3 is 19.7 Å². The van der Waals surface area contributed by atoms with Gasteiger partial charge in [0.05, 0.1) is 14.2 Å². The molecule has 5 nitrogen and oxygen atoms in total. The zero-order valence-corrected chi connectivity index (χ0v) is 18.7. The quantitative estimate of drug-likeness (QED) is 0.355. The van der Waals surface area contributed by atoms with Crippen LogP contribution in [0.25, 0.3) is 0 Å². The van der Waals surface area contributed by atoms with Gasteiger partial charge in [-0.3, -0.25) is 4.99 Å². The fraction of sp³-hybridized carbons (Fsp3) is 0.650. The molecule has 2 aliphatic carbocycles. The van der Waals surface area contributed by atoms with Crippen molar-refractivity contribution in [2.75, 3.05) is 34.9 Å². The minimum absolute atomic E-state index is 0. The molecule has 1 aromatic rings. The topological polar surface area (TPSA) is 46.1 Å². The minimum atomic E-state index is 0. The predicted molar refractivity (Wildman–Crippen MR) is 117 cm³/mol. The van der Waals surface area contributed by atoms with E-state index in [1.165, 1.54) is 25.7 Å². The van der Waals surface area contributed by atoms with E-state index in [0.29, 0.717) is 0 Å². The Balaban J connectivity index is 0.00000243. The van der Waals surface area contributed by atoms with Crippen LogP contribution in [0, 0.1) is 17.8 Å². The Labute approximate surface area is 174 Å². The van der Waals surface area contributed by atoms with E-state index in [0.717, 1.165) is 53.9 Å². The summed E-state index contributed by atoms with van der Waals surface area (Å²) < 4.78 is 10.8. The number of nitrogens with zero attached hydrogens (tertiary/aromatic N) is 2. The van der Waals surface area contributed by atoms with Crippen LogP contribution in [0.1, 0.15) is 31.2 Å². The molecule has 1 N–H and O–H groups in total. The molecule has 2 saturated carbocycles. The zero-order valence-electron chi connectivity index (χ0n) is 16.3. The Hall–Kier alpha value is -1.18. The molecule has 0 heterocycles. The molecule has 0 aromatic heterocycles. The molecule has 0 amide bonds. The van der Waals surface area contributed by atoms with Crippen molar-refractivity contribution in [3.8, 4) is 11.5 Å². The van der Waals surface area contributed by atoms with Gasteiger partial charge in [0.1, 0.15) is 11.5 Å². The Bertz CT molecular complexity index is 603. The van der Waals surface area contributed by atoms with E-state index in [4.69, 9.17) is 9.47 Å². The highest BCUT2D eigenvalue weighted by Gasteiger charge is 2.41. The molecule has 6 heteroatoms. The van der Waals surface area contributed by atoms with Crippen LogP contribution in [0.2, 0.25) is 0 Å². The predicted octanol–water partition coefficient (Wildman–Crippen LogP) is 3.77. The van der Waals surface area contributed by atoms with Crippen LogP contribution in [-0.4, -0.2) is 45.7 Å². The van der Waals surface area contributed by atoms with Crippen LogP contribution in [0.4, 0.5) is 0 Å². The maximum atomic E-state index is 5.51. The van der Waals surface area contributed by atoms with Crippen LogP contribution in [-0.2, 0) is 6.54 Å². The molecule has 0 radical (unpaired) electrons. The van der Waals surface area contributed by atoms with E-state index < -0.39 is 0 Å². The highest BCUT2D eigenvalue weighted by atomic mass is 127. The summed E-state index contributed by atoms with van der Waals surface area (Å²) in [6.07, 6.45) is 5.67. The molecule has 26 heavy (non-hydrogen) atoms. The molecule has 0 saturated heterocycles. The lowest BCUT2D eigenvalue weighted by molar-refractivity contribution is 0.375. The fourth-order valence-electron chi connectivity index (χ4n) is 3.67. The fourth-order valence-corrected chi connectivity index (χ4v) is 3.67. The SMILES string of the molecule is CN=C(NCC(C1CC1)C1CC1)N(C)Cc1ccc(OC)cc1OC.I. The van der Waals surface area contributed by atoms with Crippen LogP contribution < -0.4 is 14.8 Å². The van der Waals surface area contributed by atoms with Gasteiger partial charge in [-0.15, -0.1) is 24.0 Å². The summed E-state index contributed by atoms with van der Waals surface area (Å²) in [5, 5.41) is 3.60. The van der Waals surface area contributed by atoms with Crippen molar-refractivity contribution < 1.29 is 9.47 Å². The number of halogens is 1. The molecule has 1 aromatic carbocycles. The first-order valence-corrected chi connectivity index (χ1v) is 9.29. The molecule has 2 fully saturated rings. The Morgan fingerprint density at radius 3 is 2.35 bits per heavy atom. The van der Waals surface area contributed by atoms with Crippen molar-refractivity contribution in [1.82, 2.24) is 10.2 Å². The molecular weight excluding hydrogens is 441 g/mol. The first-order chi connectivity index (χ1) is 12.2. The third-order valence-corrected chi connectivity index (χ3v) is 5.43. The largest absolute Gasteiger partial charge is 0.497 e. The number of hydrogen-bond acceptors (Lipinski definition) is 3. The first kappa shape index (κ1) is 21.1. The van der Waals surface area contributed by atoms with Crippen LogP contribution in [0.15, 0.2) is 23.2 Å². The van der Waals surface area contributed by atoms with Gasteiger partial charge >= 0.3 is 0 Å². The van der Waals surface area contributed by atoms with E-state index in [2.05, 4.69) is 28.3 Å². The second-order valence-corrected chi connectivity index (χ2v) is 7.30. The number of nitrogens with one attached hydrogen (secondary N) is 1. The number of methoxy groups -OCH3 is 2. The maximum absolute atomic E-state index is 5.51. The molecule has 0 spiro atoms. The molecule has 2 aliphatic rings. The second kappa shape index (κ2) is 9.67. The van der Waals surface area contributed by atoms with E-state index in [1.807, 2.05) is 19.2 Å². The summed E-state index contributed by atoms with van der Waals surface area (Å²) >= 11 is 0. The van der Waals surface area contributed by atoms with Crippen molar-refractivity contribution in [2.24, 2.45) is 22.7 Å². The Morgan fingerprint density at radius 1 is 1.19 bits per heavy atom. The zero-order chi connectivity index (χ0) is 17.8. The van der Waals surface area contributed by atoms with E-state index >= 15 is 0 Å². The summed E-state index contributed by atoms with van der Waals surface area (Å²) in [6.45, 7) is 1.79. The van der Waals surface area contributed by atoms with E-state index in [9.17, 15) is 0 Å². The molecule has 0 bridgehead atoms. The number of benzene rings is 1. The summed E-state index contributed by atoms with van der Waals surface area (Å²) in [5.74, 6) is 5.33. The van der Waals surface area contributed by atoms with Crippen molar-refractivity contribution in [2.45, 2.75) is 32.2 Å². The monoisotopic (exact) mass is 473 g/mol. The lowest BCUT2D eigenvalue weighted by Crippen LogP contribution is -2.41. The maximum Gasteiger partial charge on any atom is 0.193 e. The molecule has 0 unspecified atom stereocenters. The molecule has 0 atom stereocenters. The second-order valence-electron chi connectivity index (χ2n) is 7.30. The molecular formula is C20H32IN3O2. The Morgan fingerprint density at radius 2 is 1.85 bits per heavy atom. The average Bonchev–Trinajstić information content (AvgIpc) is 3.52. The summed E-state index contributed by atoms with van der Waals surface area (Å²) in [5.41, 5.74) is 1.12. The van der Waals surface area contributed by atoms with E-state index in [-0.39, 0.29) is 24.0 Å². The molecule has 3 rings (SSSR count). The van der Waals surface area contributed by atoms with Crippen molar-refractivity contribution in [1.29, 1.82) is 0 Å². The highest BCUT2D eigenvalue weighted by molar-refractivity contribution is 14.0. The Kier molecular flexibility index (Phi) is 7.85. The van der Waals surface area contributed by atoms with Gasteiger partial charge in [0, 0.05) is 38.8 Å². The number of rotatable bonds is 8. The number of aliphatic imine (C=N–C) groups is 1. The summed E-state index contributed by atoms with van der Waals surface area (Å²) in [4.78, 5) is 6.62. The van der Waals surface area contributed by atoms with Crippen molar-refractivity contribution in [3.05, 3.63) is 23.8 Å². The number of hydrogen-bond donors (Lipinski definition) is 1. The van der Waals surface area contributed by atoms with Gasteiger partial charge in [-0.1, -0.05) is 0 Å². The third-order valence-electron chi connectivity index (χ3n) is 5.43. The smallest absolute Gasteiger partial charge is 0.193 e. The van der Waals surface area contributed by atoms with Gasteiger partial charge in [-0.05, 0) is 55.6 Å². The van der Waals surface area contributed by atoms with Gasteiger partial charge in [0.2, 0.25) is 0 Å². The van der Waals surface area contributed by atoms with E-state index in [1.54, 1.807) is 14.2 Å². The molecule has 0 aliphatic heterocycles. The van der Waals surface area contributed by atoms with Crippen molar-refractivity contribution >= 4 is 29.9 Å². The standard InChI is InChI=1S/C20H31N3O2.HI/c1-21-20(22-12-18(14-5-6-14)15-7-8-15)23(2)13-16-9-10-17(24-3)11-19(16)25-4;/h9-11,14-15,18H,5-8,12-13H2,1-4H3,(H,21,22);1H. The normalized spacial score (nSPS) is 16.9. The highest BCUT2D eigenvalue weighted by Crippen LogP contribution is 2.48. The van der Waals surface area contributed by atoms with Crippen LogP contribution in [0.5, 0.6) is 11.5 Å².